The molecule has 1 N–H and O–H groups in total. The van der Waals surface area contributed by atoms with Gasteiger partial charge in [-0.25, -0.2) is 5.01 Å². The van der Waals surface area contributed by atoms with Crippen LogP contribution in [0, 0.1) is 0 Å². The fourth-order valence-corrected chi connectivity index (χ4v) is 2.88. The van der Waals surface area contributed by atoms with Crippen LogP contribution in [0.3, 0.4) is 0 Å². The zero-order chi connectivity index (χ0) is 13.8. The summed E-state index contributed by atoms with van der Waals surface area (Å²) in [6.45, 7) is 6.54. The molecule has 1 fully saturated rings. The standard InChI is InChI=1S/C14H24N6/c1-18-12-20(17-16-18)14-4-2-3-13(11-14)5-8-19-9-6-15-7-10-19/h2-3,11,14-15H,4-10,12H2,1H3. The van der Waals surface area contributed by atoms with Crippen LogP contribution in [0.1, 0.15) is 12.8 Å². The fraction of sp³-hybridized carbons (Fsp3) is 0.714. The molecule has 0 saturated carbocycles. The second-order valence-electron chi connectivity index (χ2n) is 5.71. The highest BCUT2D eigenvalue weighted by Crippen LogP contribution is 2.21. The van der Waals surface area contributed by atoms with E-state index in [9.17, 15) is 0 Å². The monoisotopic (exact) mass is 276 g/mol. The van der Waals surface area contributed by atoms with Crippen molar-refractivity contribution in [2.75, 3.05) is 46.4 Å². The third kappa shape index (κ3) is 3.37. The second kappa shape index (κ2) is 6.37. The lowest BCUT2D eigenvalue weighted by molar-refractivity contribution is 0.203. The van der Waals surface area contributed by atoms with E-state index in [1.165, 1.54) is 18.7 Å². The van der Waals surface area contributed by atoms with Crippen LogP contribution >= 0.6 is 0 Å². The van der Waals surface area contributed by atoms with Gasteiger partial charge in [0.2, 0.25) is 0 Å². The summed E-state index contributed by atoms with van der Waals surface area (Å²) >= 11 is 0. The Bertz CT molecular complexity index is 410. The molecule has 0 bridgehead atoms. The lowest BCUT2D eigenvalue weighted by Crippen LogP contribution is -2.43. The van der Waals surface area contributed by atoms with Gasteiger partial charge in [0.05, 0.1) is 6.04 Å². The Morgan fingerprint density at radius 1 is 1.30 bits per heavy atom. The minimum Gasteiger partial charge on any atom is -0.314 e. The molecule has 20 heavy (non-hydrogen) atoms. The third-order valence-electron chi connectivity index (χ3n) is 4.08. The van der Waals surface area contributed by atoms with Crippen molar-refractivity contribution in [1.82, 2.24) is 20.2 Å². The normalized spacial score (nSPS) is 27.2. The van der Waals surface area contributed by atoms with Gasteiger partial charge in [-0.15, -0.1) is 0 Å². The number of hydrogen-bond acceptors (Lipinski definition) is 6. The van der Waals surface area contributed by atoms with Gasteiger partial charge in [-0.3, -0.25) is 5.01 Å². The Morgan fingerprint density at radius 2 is 2.15 bits per heavy atom. The van der Waals surface area contributed by atoms with Crippen molar-refractivity contribution < 1.29 is 0 Å². The fourth-order valence-electron chi connectivity index (χ4n) is 2.88. The van der Waals surface area contributed by atoms with Gasteiger partial charge in [0.25, 0.3) is 0 Å². The molecular formula is C14H24N6. The molecule has 0 aromatic rings. The zero-order valence-corrected chi connectivity index (χ0v) is 12.2. The number of nitrogens with zero attached hydrogens (tertiary/aromatic N) is 5. The molecule has 110 valence electrons. The molecule has 6 nitrogen and oxygen atoms in total. The predicted octanol–water partition coefficient (Wildman–Crippen LogP) is 1.02. The Balaban J connectivity index is 1.51. The quantitative estimate of drug-likeness (QED) is 0.833. The van der Waals surface area contributed by atoms with Crippen molar-refractivity contribution in [2.24, 2.45) is 10.4 Å². The topological polar surface area (TPSA) is 46.5 Å². The number of allylic oxidation sites excluding steroid dienone is 1. The number of piperazine rings is 1. The van der Waals surface area contributed by atoms with Crippen LogP contribution < -0.4 is 5.32 Å². The van der Waals surface area contributed by atoms with Crippen LogP contribution in [-0.2, 0) is 0 Å². The maximum absolute atomic E-state index is 4.21. The summed E-state index contributed by atoms with van der Waals surface area (Å²) in [7, 11) is 1.96. The summed E-state index contributed by atoms with van der Waals surface area (Å²) in [6, 6.07) is 0.367. The van der Waals surface area contributed by atoms with Gasteiger partial charge >= 0.3 is 0 Å². The SMILES string of the molecule is CN1CN(C2C=C(CCN3CCNCC3)C=CC2)N=N1. The van der Waals surface area contributed by atoms with Gasteiger partial charge in [-0.1, -0.05) is 28.7 Å². The summed E-state index contributed by atoms with van der Waals surface area (Å²) in [5.74, 6) is 0. The van der Waals surface area contributed by atoms with E-state index in [1.807, 2.05) is 12.1 Å². The highest BCUT2D eigenvalue weighted by molar-refractivity contribution is 5.26. The van der Waals surface area contributed by atoms with Crippen molar-refractivity contribution in [2.45, 2.75) is 18.9 Å². The zero-order valence-electron chi connectivity index (χ0n) is 12.2. The van der Waals surface area contributed by atoms with E-state index < -0.39 is 0 Å². The molecule has 0 aromatic carbocycles. The number of nitrogens with one attached hydrogen (secondary N) is 1. The maximum atomic E-state index is 4.21. The van der Waals surface area contributed by atoms with Gasteiger partial charge < -0.3 is 10.2 Å². The van der Waals surface area contributed by atoms with E-state index in [0.717, 1.165) is 39.1 Å². The average Bonchev–Trinajstić information content (AvgIpc) is 2.93. The summed E-state index contributed by atoms with van der Waals surface area (Å²) in [5, 5.41) is 15.6. The third-order valence-corrected chi connectivity index (χ3v) is 4.08. The van der Waals surface area contributed by atoms with Gasteiger partial charge in [0.15, 0.2) is 0 Å². The minimum atomic E-state index is 0.367. The molecule has 6 heteroatoms. The molecule has 0 radical (unpaired) electrons. The van der Waals surface area contributed by atoms with E-state index in [2.05, 4.69) is 43.9 Å². The molecule has 1 atom stereocenters. The number of rotatable bonds is 4. The first-order chi connectivity index (χ1) is 9.81. The molecule has 1 unspecified atom stereocenters. The first-order valence-corrected chi connectivity index (χ1v) is 7.51. The van der Waals surface area contributed by atoms with Crippen molar-refractivity contribution in [1.29, 1.82) is 0 Å². The van der Waals surface area contributed by atoms with Crippen LogP contribution in [0.15, 0.2) is 34.2 Å². The minimum absolute atomic E-state index is 0.367. The first-order valence-electron chi connectivity index (χ1n) is 7.51. The Labute approximate surface area is 120 Å². The summed E-state index contributed by atoms with van der Waals surface area (Å²) in [4.78, 5) is 2.54. The molecule has 1 saturated heterocycles. The molecule has 3 rings (SSSR count). The Hall–Kier alpha value is -1.40. The van der Waals surface area contributed by atoms with Gasteiger partial charge in [0, 0.05) is 39.8 Å². The van der Waals surface area contributed by atoms with Crippen molar-refractivity contribution in [3.05, 3.63) is 23.8 Å². The molecule has 3 aliphatic rings. The molecule has 0 aromatic heterocycles. The van der Waals surface area contributed by atoms with Gasteiger partial charge in [-0.2, -0.15) is 0 Å². The average molecular weight is 276 g/mol. The Morgan fingerprint density at radius 3 is 2.90 bits per heavy atom. The molecular weight excluding hydrogens is 252 g/mol. The van der Waals surface area contributed by atoms with E-state index >= 15 is 0 Å². The molecule has 0 spiro atoms. The molecule has 1 aliphatic carbocycles. The van der Waals surface area contributed by atoms with Crippen molar-refractivity contribution in [3.8, 4) is 0 Å². The van der Waals surface area contributed by atoms with E-state index in [-0.39, 0.29) is 0 Å². The van der Waals surface area contributed by atoms with Gasteiger partial charge in [0.1, 0.15) is 6.67 Å². The van der Waals surface area contributed by atoms with Crippen molar-refractivity contribution >= 4 is 0 Å². The summed E-state index contributed by atoms with van der Waals surface area (Å²) in [5.41, 5.74) is 1.43. The molecule has 2 heterocycles. The molecule has 2 aliphatic heterocycles. The highest BCUT2D eigenvalue weighted by atomic mass is 15.8. The van der Waals surface area contributed by atoms with Crippen LogP contribution in [0.4, 0.5) is 0 Å². The lowest BCUT2D eigenvalue weighted by Gasteiger charge is -2.28. The van der Waals surface area contributed by atoms with E-state index in [4.69, 9.17) is 0 Å². The van der Waals surface area contributed by atoms with Crippen LogP contribution in [0.25, 0.3) is 0 Å². The highest BCUT2D eigenvalue weighted by Gasteiger charge is 2.21. The summed E-state index contributed by atoms with van der Waals surface area (Å²) in [6.07, 6.45) is 9.07. The number of hydrogen-bond donors (Lipinski definition) is 1. The maximum Gasteiger partial charge on any atom is 0.127 e. The lowest BCUT2D eigenvalue weighted by atomic mass is 10.00. The summed E-state index contributed by atoms with van der Waals surface area (Å²) < 4.78 is 0. The van der Waals surface area contributed by atoms with Crippen molar-refractivity contribution in [3.63, 3.8) is 0 Å². The van der Waals surface area contributed by atoms with E-state index in [0.29, 0.717) is 6.04 Å². The predicted molar refractivity (Wildman–Crippen MR) is 78.9 cm³/mol. The Kier molecular flexibility index (Phi) is 4.32. The first kappa shape index (κ1) is 13.6. The van der Waals surface area contributed by atoms with Crippen LogP contribution in [0.2, 0.25) is 0 Å². The van der Waals surface area contributed by atoms with Gasteiger partial charge in [-0.05, 0) is 18.4 Å². The van der Waals surface area contributed by atoms with E-state index in [1.54, 1.807) is 0 Å². The molecule has 0 amide bonds. The van der Waals surface area contributed by atoms with Crippen LogP contribution in [0.5, 0.6) is 0 Å². The van der Waals surface area contributed by atoms with Crippen LogP contribution in [-0.4, -0.2) is 67.4 Å². The second-order valence-corrected chi connectivity index (χ2v) is 5.71. The smallest absolute Gasteiger partial charge is 0.127 e. The largest absolute Gasteiger partial charge is 0.314 e.